The second-order valence-corrected chi connectivity index (χ2v) is 3.50. The molecule has 1 saturated heterocycles. The summed E-state index contributed by atoms with van der Waals surface area (Å²) >= 11 is 1.61. The van der Waals surface area contributed by atoms with E-state index in [9.17, 15) is 4.79 Å². The van der Waals surface area contributed by atoms with Gasteiger partial charge in [-0.15, -0.1) is 0 Å². The van der Waals surface area contributed by atoms with Crippen molar-refractivity contribution in [2.75, 3.05) is 18.0 Å². The molecule has 2 amide bonds. The summed E-state index contributed by atoms with van der Waals surface area (Å²) in [5, 5.41) is 6.79. The van der Waals surface area contributed by atoms with Gasteiger partial charge < -0.3 is 5.32 Å². The number of hydrogen-bond acceptors (Lipinski definition) is 2. The number of carbonyl (C=O) groups excluding carboxylic acids is 1. The summed E-state index contributed by atoms with van der Waals surface area (Å²) < 4.78 is 0. The van der Waals surface area contributed by atoms with Gasteiger partial charge in [0.2, 0.25) is 0 Å². The first-order valence-corrected chi connectivity index (χ1v) is 4.90. The molecule has 12 heavy (non-hydrogen) atoms. The van der Waals surface area contributed by atoms with E-state index in [1.165, 1.54) is 0 Å². The predicted molar refractivity (Wildman–Crippen MR) is 49.7 cm³/mol. The molecule has 0 saturated carbocycles. The predicted octanol–water partition coefficient (Wildman–Crippen LogP) is 1.67. The first-order valence-electron chi connectivity index (χ1n) is 3.95. The molecular formula is C8H10N2OS. The average Bonchev–Trinajstić information content (AvgIpc) is 2.57. The molecule has 0 bridgehead atoms. The highest BCUT2D eigenvalue weighted by Gasteiger charge is 2.18. The Balaban J connectivity index is 2.17. The number of nitrogens with zero attached hydrogens (tertiary/aromatic N) is 1. The Kier molecular flexibility index (Phi) is 1.99. The van der Waals surface area contributed by atoms with Crippen molar-refractivity contribution in [2.45, 2.75) is 6.42 Å². The molecule has 0 aromatic carbocycles. The molecule has 0 spiro atoms. The van der Waals surface area contributed by atoms with Crippen molar-refractivity contribution in [1.82, 2.24) is 5.32 Å². The number of amides is 2. The van der Waals surface area contributed by atoms with Crippen LogP contribution in [0.2, 0.25) is 0 Å². The normalized spacial score (nSPS) is 17.7. The Morgan fingerprint density at radius 1 is 1.58 bits per heavy atom. The standard InChI is InChI=1S/C8H10N2OS/c11-8-9-3-1-4-10(8)7-2-5-12-6-7/h2,5-6H,1,3-4H2,(H,9,11). The van der Waals surface area contributed by atoms with Gasteiger partial charge in [0.1, 0.15) is 0 Å². The van der Waals surface area contributed by atoms with E-state index in [1.807, 2.05) is 16.8 Å². The summed E-state index contributed by atoms with van der Waals surface area (Å²) in [6.45, 7) is 1.64. The molecule has 2 heterocycles. The van der Waals surface area contributed by atoms with Gasteiger partial charge in [-0.25, -0.2) is 4.79 Å². The second-order valence-electron chi connectivity index (χ2n) is 2.72. The number of thiophene rings is 1. The lowest BCUT2D eigenvalue weighted by molar-refractivity contribution is 0.243. The van der Waals surface area contributed by atoms with Crippen molar-refractivity contribution in [1.29, 1.82) is 0 Å². The summed E-state index contributed by atoms with van der Waals surface area (Å²) in [5.41, 5.74) is 1.01. The minimum atomic E-state index is 0.0275. The van der Waals surface area contributed by atoms with Crippen LogP contribution >= 0.6 is 11.3 Å². The van der Waals surface area contributed by atoms with Crippen molar-refractivity contribution < 1.29 is 4.79 Å². The third kappa shape index (κ3) is 1.30. The third-order valence-electron chi connectivity index (χ3n) is 1.90. The van der Waals surface area contributed by atoms with E-state index in [0.717, 1.165) is 25.2 Å². The molecule has 0 atom stereocenters. The van der Waals surface area contributed by atoms with Crippen LogP contribution in [0.4, 0.5) is 10.5 Å². The van der Waals surface area contributed by atoms with Gasteiger partial charge in [-0.1, -0.05) is 0 Å². The van der Waals surface area contributed by atoms with Crippen molar-refractivity contribution in [2.24, 2.45) is 0 Å². The lowest BCUT2D eigenvalue weighted by atomic mass is 10.3. The van der Waals surface area contributed by atoms with E-state index in [2.05, 4.69) is 5.32 Å². The van der Waals surface area contributed by atoms with Crippen molar-refractivity contribution >= 4 is 23.1 Å². The van der Waals surface area contributed by atoms with Gasteiger partial charge in [0.15, 0.2) is 0 Å². The SMILES string of the molecule is O=C1NCCCN1c1ccsc1. The van der Waals surface area contributed by atoms with Gasteiger partial charge in [0.05, 0.1) is 5.69 Å². The molecule has 4 heteroatoms. The molecule has 2 rings (SSSR count). The summed E-state index contributed by atoms with van der Waals surface area (Å²) in [4.78, 5) is 13.1. The lowest BCUT2D eigenvalue weighted by Crippen LogP contribution is -2.46. The van der Waals surface area contributed by atoms with Crippen molar-refractivity contribution in [3.05, 3.63) is 16.8 Å². The summed E-state index contributed by atoms with van der Waals surface area (Å²) in [6, 6.07) is 2.00. The van der Waals surface area contributed by atoms with E-state index in [1.54, 1.807) is 16.2 Å². The topological polar surface area (TPSA) is 32.3 Å². The molecule has 1 fully saturated rings. The van der Waals surface area contributed by atoms with Crippen LogP contribution in [0.25, 0.3) is 0 Å². The van der Waals surface area contributed by atoms with Gasteiger partial charge in [0, 0.05) is 18.5 Å². The van der Waals surface area contributed by atoms with Crippen LogP contribution in [0.5, 0.6) is 0 Å². The Hall–Kier alpha value is -1.03. The van der Waals surface area contributed by atoms with Crippen molar-refractivity contribution in [3.63, 3.8) is 0 Å². The summed E-state index contributed by atoms with van der Waals surface area (Å²) in [7, 11) is 0. The minimum Gasteiger partial charge on any atom is -0.338 e. The van der Waals surface area contributed by atoms with Crippen LogP contribution in [0.1, 0.15) is 6.42 Å². The van der Waals surface area contributed by atoms with E-state index >= 15 is 0 Å². The molecule has 0 aliphatic carbocycles. The fraction of sp³-hybridized carbons (Fsp3) is 0.375. The fourth-order valence-electron chi connectivity index (χ4n) is 1.29. The fourth-order valence-corrected chi connectivity index (χ4v) is 1.93. The van der Waals surface area contributed by atoms with Crippen molar-refractivity contribution in [3.8, 4) is 0 Å². The van der Waals surface area contributed by atoms with Crippen LogP contribution in [0, 0.1) is 0 Å². The number of nitrogens with one attached hydrogen (secondary N) is 1. The summed E-state index contributed by atoms with van der Waals surface area (Å²) in [5.74, 6) is 0. The molecule has 3 nitrogen and oxygen atoms in total. The van der Waals surface area contributed by atoms with Gasteiger partial charge in [-0.3, -0.25) is 4.90 Å². The molecule has 1 aliphatic heterocycles. The quantitative estimate of drug-likeness (QED) is 0.704. The largest absolute Gasteiger partial charge is 0.338 e. The number of urea groups is 1. The van der Waals surface area contributed by atoms with Gasteiger partial charge in [0.25, 0.3) is 0 Å². The highest BCUT2D eigenvalue weighted by atomic mass is 32.1. The Labute approximate surface area is 75.0 Å². The highest BCUT2D eigenvalue weighted by molar-refractivity contribution is 7.08. The summed E-state index contributed by atoms with van der Waals surface area (Å²) in [6.07, 6.45) is 1.03. The Morgan fingerprint density at radius 3 is 3.17 bits per heavy atom. The van der Waals surface area contributed by atoms with Gasteiger partial charge in [-0.05, 0) is 17.9 Å². The molecule has 64 valence electrons. The highest BCUT2D eigenvalue weighted by Crippen LogP contribution is 2.19. The second kappa shape index (κ2) is 3.15. The number of carbonyl (C=O) groups is 1. The van der Waals surface area contributed by atoms with Crippen LogP contribution < -0.4 is 10.2 Å². The molecule has 0 unspecified atom stereocenters. The van der Waals surface area contributed by atoms with E-state index in [4.69, 9.17) is 0 Å². The number of hydrogen-bond donors (Lipinski definition) is 1. The zero-order chi connectivity index (χ0) is 8.39. The van der Waals surface area contributed by atoms with Crippen LogP contribution in [-0.2, 0) is 0 Å². The van der Waals surface area contributed by atoms with Crippen LogP contribution in [0.15, 0.2) is 16.8 Å². The van der Waals surface area contributed by atoms with E-state index in [0.29, 0.717) is 0 Å². The Morgan fingerprint density at radius 2 is 2.50 bits per heavy atom. The van der Waals surface area contributed by atoms with Gasteiger partial charge >= 0.3 is 6.03 Å². The average molecular weight is 182 g/mol. The Bertz CT molecular complexity index is 271. The zero-order valence-electron chi connectivity index (χ0n) is 6.62. The molecule has 1 N–H and O–H groups in total. The monoisotopic (exact) mass is 182 g/mol. The maximum absolute atomic E-state index is 11.3. The van der Waals surface area contributed by atoms with Gasteiger partial charge in [-0.2, -0.15) is 11.3 Å². The third-order valence-corrected chi connectivity index (χ3v) is 2.57. The van der Waals surface area contributed by atoms with Crippen LogP contribution in [0.3, 0.4) is 0 Å². The van der Waals surface area contributed by atoms with Crippen LogP contribution in [-0.4, -0.2) is 19.1 Å². The lowest BCUT2D eigenvalue weighted by Gasteiger charge is -2.26. The zero-order valence-corrected chi connectivity index (χ0v) is 7.43. The maximum atomic E-state index is 11.3. The van der Waals surface area contributed by atoms with E-state index < -0.39 is 0 Å². The molecule has 1 aromatic rings. The maximum Gasteiger partial charge on any atom is 0.321 e. The number of rotatable bonds is 1. The number of anilines is 1. The molecule has 1 aromatic heterocycles. The first kappa shape index (κ1) is 7.61. The minimum absolute atomic E-state index is 0.0275. The van der Waals surface area contributed by atoms with E-state index in [-0.39, 0.29) is 6.03 Å². The molecule has 0 radical (unpaired) electrons. The smallest absolute Gasteiger partial charge is 0.321 e. The first-order chi connectivity index (χ1) is 5.88. The molecule has 1 aliphatic rings. The molecular weight excluding hydrogens is 172 g/mol.